The van der Waals surface area contributed by atoms with E-state index < -0.39 is 5.91 Å². The summed E-state index contributed by atoms with van der Waals surface area (Å²) in [6, 6.07) is 1.83. The topological polar surface area (TPSA) is 101 Å². The molecule has 0 aromatic carbocycles. The fourth-order valence-electron chi connectivity index (χ4n) is 2.17. The average molecular weight is 269 g/mol. The number of hydrogen-bond donors (Lipinski definition) is 3. The van der Waals surface area contributed by atoms with Gasteiger partial charge in [0.25, 0.3) is 0 Å². The Bertz CT molecular complexity index is 446. The molecule has 1 aliphatic heterocycles. The molecule has 1 aromatic heterocycles. The van der Waals surface area contributed by atoms with Crippen LogP contribution in [0.15, 0.2) is 10.5 Å². The SMILES string of the molecule is Cc1cc(CN2CCOC(CO)C2)oc1C(=O)NN. The number of ether oxygens (including phenoxy) is 1. The molecule has 1 saturated heterocycles. The molecule has 1 aromatic rings. The number of aliphatic hydroxyl groups excluding tert-OH is 1. The highest BCUT2D eigenvalue weighted by Gasteiger charge is 2.22. The van der Waals surface area contributed by atoms with Gasteiger partial charge in [-0.1, -0.05) is 0 Å². The molecule has 0 radical (unpaired) electrons. The Morgan fingerprint density at radius 2 is 2.47 bits per heavy atom. The van der Waals surface area contributed by atoms with Crippen LogP contribution in [0.5, 0.6) is 0 Å². The van der Waals surface area contributed by atoms with Crippen molar-refractivity contribution in [3.63, 3.8) is 0 Å². The molecular formula is C12H19N3O4. The molecule has 4 N–H and O–H groups in total. The van der Waals surface area contributed by atoms with E-state index in [1.807, 2.05) is 6.07 Å². The third-order valence-corrected chi connectivity index (χ3v) is 3.11. The van der Waals surface area contributed by atoms with E-state index in [-0.39, 0.29) is 18.5 Å². The zero-order chi connectivity index (χ0) is 13.8. The number of rotatable bonds is 4. The molecule has 19 heavy (non-hydrogen) atoms. The lowest BCUT2D eigenvalue weighted by Gasteiger charge is -2.31. The quantitative estimate of drug-likeness (QED) is 0.383. The molecule has 1 atom stereocenters. The Labute approximate surface area is 111 Å². The molecule has 0 spiro atoms. The number of hydrogen-bond acceptors (Lipinski definition) is 6. The Hall–Kier alpha value is -1.41. The molecule has 0 bridgehead atoms. The number of nitrogen functional groups attached to an aromatic ring is 1. The number of nitrogens with one attached hydrogen (secondary N) is 1. The van der Waals surface area contributed by atoms with Crippen molar-refractivity contribution in [3.05, 3.63) is 23.2 Å². The number of carbonyl (C=O) groups excluding carboxylic acids is 1. The second-order valence-corrected chi connectivity index (χ2v) is 4.61. The summed E-state index contributed by atoms with van der Waals surface area (Å²) in [6.07, 6.45) is -0.156. The van der Waals surface area contributed by atoms with Crippen LogP contribution in [0.3, 0.4) is 0 Å². The third kappa shape index (κ3) is 3.32. The maximum atomic E-state index is 11.4. The van der Waals surface area contributed by atoms with Crippen molar-refractivity contribution in [1.82, 2.24) is 10.3 Å². The van der Waals surface area contributed by atoms with Gasteiger partial charge in [0.15, 0.2) is 5.76 Å². The van der Waals surface area contributed by atoms with Gasteiger partial charge in [-0.2, -0.15) is 0 Å². The van der Waals surface area contributed by atoms with Gasteiger partial charge in [0, 0.05) is 18.7 Å². The Balaban J connectivity index is 2.01. The van der Waals surface area contributed by atoms with E-state index in [1.165, 1.54) is 0 Å². The van der Waals surface area contributed by atoms with Gasteiger partial charge in [-0.05, 0) is 13.0 Å². The van der Waals surface area contributed by atoms with Crippen LogP contribution < -0.4 is 11.3 Å². The fourth-order valence-corrected chi connectivity index (χ4v) is 2.17. The van der Waals surface area contributed by atoms with Gasteiger partial charge >= 0.3 is 5.91 Å². The first-order valence-corrected chi connectivity index (χ1v) is 6.19. The van der Waals surface area contributed by atoms with Gasteiger partial charge in [-0.25, -0.2) is 5.84 Å². The number of nitrogens with zero attached hydrogens (tertiary/aromatic N) is 1. The minimum Gasteiger partial charge on any atom is -0.454 e. The molecule has 0 aliphatic carbocycles. The lowest BCUT2D eigenvalue weighted by Crippen LogP contribution is -2.43. The first-order chi connectivity index (χ1) is 9.13. The monoisotopic (exact) mass is 269 g/mol. The van der Waals surface area contributed by atoms with Crippen molar-refractivity contribution in [2.45, 2.75) is 19.6 Å². The lowest BCUT2D eigenvalue weighted by atomic mass is 10.2. The summed E-state index contributed by atoms with van der Waals surface area (Å²) in [5.41, 5.74) is 2.81. The van der Waals surface area contributed by atoms with E-state index in [9.17, 15) is 4.79 Å². The van der Waals surface area contributed by atoms with E-state index in [2.05, 4.69) is 10.3 Å². The average Bonchev–Trinajstić information content (AvgIpc) is 2.79. The second-order valence-electron chi connectivity index (χ2n) is 4.61. The van der Waals surface area contributed by atoms with Gasteiger partial charge in [0.1, 0.15) is 5.76 Å². The second kappa shape index (κ2) is 6.16. The first kappa shape index (κ1) is 14.0. The molecule has 1 aliphatic rings. The normalized spacial score (nSPS) is 20.5. The third-order valence-electron chi connectivity index (χ3n) is 3.11. The number of carbonyl (C=O) groups is 1. The van der Waals surface area contributed by atoms with Gasteiger partial charge in [-0.3, -0.25) is 15.1 Å². The first-order valence-electron chi connectivity index (χ1n) is 6.19. The number of morpholine rings is 1. The van der Waals surface area contributed by atoms with E-state index in [4.69, 9.17) is 20.1 Å². The van der Waals surface area contributed by atoms with Crippen molar-refractivity contribution in [2.75, 3.05) is 26.3 Å². The minimum absolute atomic E-state index is 0.00844. The van der Waals surface area contributed by atoms with Gasteiger partial charge < -0.3 is 14.3 Å². The van der Waals surface area contributed by atoms with Crippen LogP contribution in [0.1, 0.15) is 21.9 Å². The van der Waals surface area contributed by atoms with Crippen molar-refractivity contribution in [3.8, 4) is 0 Å². The highest BCUT2D eigenvalue weighted by atomic mass is 16.5. The van der Waals surface area contributed by atoms with E-state index in [0.717, 1.165) is 12.1 Å². The Morgan fingerprint density at radius 1 is 1.68 bits per heavy atom. The molecule has 0 saturated carbocycles. The summed E-state index contributed by atoms with van der Waals surface area (Å²) in [6.45, 7) is 4.39. The van der Waals surface area contributed by atoms with Crippen molar-refractivity contribution in [1.29, 1.82) is 0 Å². The van der Waals surface area contributed by atoms with Gasteiger partial charge in [0.05, 0.1) is 25.9 Å². The Morgan fingerprint density at radius 3 is 3.16 bits per heavy atom. The number of nitrogens with two attached hydrogens (primary N) is 1. The van der Waals surface area contributed by atoms with Crippen LogP contribution >= 0.6 is 0 Å². The number of aliphatic hydroxyl groups is 1. The molecule has 2 rings (SSSR count). The molecule has 7 nitrogen and oxygen atoms in total. The number of furan rings is 1. The maximum absolute atomic E-state index is 11.4. The number of amides is 1. The highest BCUT2D eigenvalue weighted by molar-refractivity contribution is 5.92. The van der Waals surface area contributed by atoms with Crippen molar-refractivity contribution in [2.24, 2.45) is 5.84 Å². The maximum Gasteiger partial charge on any atom is 0.301 e. The van der Waals surface area contributed by atoms with Crippen LogP contribution in [0.2, 0.25) is 0 Å². The standard InChI is InChI=1S/C12H19N3O4/c1-8-4-9(19-11(8)12(17)14-13)5-15-2-3-18-10(6-15)7-16/h4,10,16H,2-3,5-7,13H2,1H3,(H,14,17). The summed E-state index contributed by atoms with van der Waals surface area (Å²) in [7, 11) is 0. The minimum atomic E-state index is -0.432. The largest absolute Gasteiger partial charge is 0.454 e. The summed E-state index contributed by atoms with van der Waals surface area (Å²) in [4.78, 5) is 13.6. The number of hydrazine groups is 1. The van der Waals surface area contributed by atoms with Crippen molar-refractivity contribution >= 4 is 5.91 Å². The molecule has 1 unspecified atom stereocenters. The fraction of sp³-hybridized carbons (Fsp3) is 0.583. The van der Waals surface area contributed by atoms with Crippen LogP contribution in [-0.4, -0.2) is 48.3 Å². The predicted octanol–water partition coefficient (Wildman–Crippen LogP) is -0.615. The van der Waals surface area contributed by atoms with Crippen LogP contribution in [0.25, 0.3) is 0 Å². The summed E-state index contributed by atoms with van der Waals surface area (Å²) in [5, 5.41) is 9.09. The zero-order valence-electron chi connectivity index (χ0n) is 10.9. The highest BCUT2D eigenvalue weighted by Crippen LogP contribution is 2.17. The molecule has 1 fully saturated rings. The van der Waals surface area contributed by atoms with Crippen LogP contribution in [0, 0.1) is 6.92 Å². The van der Waals surface area contributed by atoms with E-state index in [0.29, 0.717) is 25.5 Å². The smallest absolute Gasteiger partial charge is 0.301 e. The molecule has 7 heteroatoms. The predicted molar refractivity (Wildman–Crippen MR) is 67.2 cm³/mol. The summed E-state index contributed by atoms with van der Waals surface area (Å²) < 4.78 is 10.9. The van der Waals surface area contributed by atoms with E-state index in [1.54, 1.807) is 6.92 Å². The Kier molecular flexibility index (Phi) is 4.54. The van der Waals surface area contributed by atoms with Crippen LogP contribution in [-0.2, 0) is 11.3 Å². The number of aryl methyl sites for hydroxylation is 1. The molecule has 1 amide bonds. The van der Waals surface area contributed by atoms with E-state index >= 15 is 0 Å². The van der Waals surface area contributed by atoms with Crippen molar-refractivity contribution < 1.29 is 19.1 Å². The molecular weight excluding hydrogens is 250 g/mol. The molecule has 2 heterocycles. The zero-order valence-corrected chi connectivity index (χ0v) is 10.9. The molecule has 106 valence electrons. The lowest BCUT2D eigenvalue weighted by molar-refractivity contribution is -0.0564. The summed E-state index contributed by atoms with van der Waals surface area (Å²) in [5.74, 6) is 5.60. The van der Waals surface area contributed by atoms with Gasteiger partial charge in [-0.15, -0.1) is 0 Å². The van der Waals surface area contributed by atoms with Crippen LogP contribution in [0.4, 0.5) is 0 Å². The summed E-state index contributed by atoms with van der Waals surface area (Å²) >= 11 is 0. The van der Waals surface area contributed by atoms with Gasteiger partial charge in [0.2, 0.25) is 0 Å².